The summed E-state index contributed by atoms with van der Waals surface area (Å²) in [5.74, 6) is -1.33. The lowest BCUT2D eigenvalue weighted by Gasteiger charge is -1.87. The van der Waals surface area contributed by atoms with Crippen LogP contribution in [0.15, 0.2) is 0 Å². The van der Waals surface area contributed by atoms with Crippen LogP contribution in [0.3, 0.4) is 0 Å². The fourth-order valence-electron chi connectivity index (χ4n) is 0.199. The van der Waals surface area contributed by atoms with E-state index in [2.05, 4.69) is 11.7 Å². The van der Waals surface area contributed by atoms with Gasteiger partial charge in [-0.2, -0.15) is 4.79 Å². The molecule has 3 nitrogen and oxygen atoms in total. The molecule has 0 radical (unpaired) electrons. The largest absolute Gasteiger partial charge is 0.501 e. The Kier molecular flexibility index (Phi) is 2.69. The van der Waals surface area contributed by atoms with Crippen LogP contribution in [0.4, 0.5) is 0 Å². The van der Waals surface area contributed by atoms with E-state index in [9.17, 15) is 9.59 Å². The lowest BCUT2D eigenvalue weighted by atomic mass is 10.5. The van der Waals surface area contributed by atoms with Gasteiger partial charge < -0.3 is 4.74 Å². The van der Waals surface area contributed by atoms with Crippen molar-refractivity contribution in [1.29, 1.82) is 0 Å². The highest BCUT2D eigenvalue weighted by atomic mass is 16.6. The van der Waals surface area contributed by atoms with Gasteiger partial charge in [-0.25, -0.2) is 0 Å². The number of hydrogen-bond donors (Lipinski definition) is 0. The summed E-state index contributed by atoms with van der Waals surface area (Å²) >= 11 is 0. The van der Waals surface area contributed by atoms with Crippen molar-refractivity contribution >= 4 is 11.9 Å². The van der Waals surface area contributed by atoms with Gasteiger partial charge in [0, 0.05) is 6.42 Å². The molecule has 0 aliphatic heterocycles. The van der Waals surface area contributed by atoms with Gasteiger partial charge in [0.25, 0.3) is 0 Å². The Morgan fingerprint density at radius 3 is 2.25 bits per heavy atom. The first-order chi connectivity index (χ1) is 3.66. The van der Waals surface area contributed by atoms with Crippen molar-refractivity contribution in [2.75, 3.05) is 0 Å². The van der Waals surface area contributed by atoms with Crippen LogP contribution >= 0.6 is 0 Å². The molecule has 0 fully saturated rings. The van der Waals surface area contributed by atoms with Crippen LogP contribution in [0.25, 0.3) is 0 Å². The molecule has 3 heteroatoms. The fraction of sp³-hybridized carbons (Fsp3) is 0.400. The zero-order chi connectivity index (χ0) is 6.57. The summed E-state index contributed by atoms with van der Waals surface area (Å²) in [7, 11) is 0. The van der Waals surface area contributed by atoms with Crippen molar-refractivity contribution in [2.45, 2.75) is 13.3 Å². The molecule has 0 aliphatic rings. The monoisotopic (exact) mass is 115 g/mol. The number of rotatable bonds is 1. The maximum atomic E-state index is 10.1. The molecule has 0 amide bonds. The minimum Gasteiger partial charge on any atom is -0.356 e. The molecule has 0 aliphatic carbocycles. The molecule has 8 heavy (non-hydrogen) atoms. The zero-order valence-corrected chi connectivity index (χ0v) is 4.64. The number of ether oxygens (including phenoxy) is 1. The highest BCUT2D eigenvalue weighted by molar-refractivity contribution is 5.87. The number of carbonyl (C=O) groups is 2. The van der Waals surface area contributed by atoms with Gasteiger partial charge in [0.15, 0.2) is 6.92 Å². The van der Waals surface area contributed by atoms with Crippen molar-refractivity contribution in [3.8, 4) is 0 Å². The Bertz CT molecular complexity index is 106. The van der Waals surface area contributed by atoms with Crippen molar-refractivity contribution in [1.82, 2.24) is 0 Å². The quantitative estimate of drug-likeness (QED) is 0.280. The van der Waals surface area contributed by atoms with Crippen LogP contribution in [-0.2, 0) is 14.3 Å². The molecule has 0 aromatic carbocycles. The summed E-state index contributed by atoms with van der Waals surface area (Å²) in [6.07, 6.45) is 0.210. The average Bonchev–Trinajstić information content (AvgIpc) is 1.65. The fourth-order valence-corrected chi connectivity index (χ4v) is 0.199. The third-order valence-corrected chi connectivity index (χ3v) is 0.516. The molecule has 0 unspecified atom stereocenters. The minimum atomic E-state index is -0.795. The minimum absolute atomic E-state index is 0.210. The molecule has 44 valence electrons. The highest BCUT2D eigenvalue weighted by Crippen LogP contribution is 1.82. The number of esters is 2. The summed E-state index contributed by atoms with van der Waals surface area (Å²) < 4.78 is 4.01. The maximum Gasteiger partial charge on any atom is 0.501 e. The number of hydrogen-bond acceptors (Lipinski definition) is 3. The Labute approximate surface area is 47.6 Å². The van der Waals surface area contributed by atoms with Gasteiger partial charge in [-0.3, -0.25) is 4.79 Å². The van der Waals surface area contributed by atoms with Crippen LogP contribution in [0, 0.1) is 6.92 Å². The van der Waals surface area contributed by atoms with Gasteiger partial charge in [-0.15, -0.1) is 0 Å². The van der Waals surface area contributed by atoms with E-state index >= 15 is 0 Å². The summed E-state index contributed by atoms with van der Waals surface area (Å²) in [4.78, 5) is 20.0. The molecule has 0 atom stereocenters. The van der Waals surface area contributed by atoms with E-state index in [-0.39, 0.29) is 6.42 Å². The SMILES string of the molecule is [CH2+]C(=O)OC(=O)CC. The summed E-state index contributed by atoms with van der Waals surface area (Å²) in [6, 6.07) is 0. The second-order valence-corrected chi connectivity index (χ2v) is 1.20. The molecule has 0 heterocycles. The summed E-state index contributed by atoms with van der Waals surface area (Å²) in [6.45, 7) is 4.45. The van der Waals surface area contributed by atoms with Crippen LogP contribution in [-0.4, -0.2) is 11.9 Å². The smallest absolute Gasteiger partial charge is 0.356 e. The van der Waals surface area contributed by atoms with Crippen LogP contribution in [0.2, 0.25) is 0 Å². The highest BCUT2D eigenvalue weighted by Gasteiger charge is 2.06. The molecular formula is C5H7O3+. The third kappa shape index (κ3) is 3.21. The van der Waals surface area contributed by atoms with E-state index < -0.39 is 11.9 Å². The van der Waals surface area contributed by atoms with Gasteiger partial charge >= 0.3 is 11.9 Å². The van der Waals surface area contributed by atoms with Crippen molar-refractivity contribution in [2.24, 2.45) is 0 Å². The van der Waals surface area contributed by atoms with E-state index in [1.807, 2.05) is 0 Å². The van der Waals surface area contributed by atoms with E-state index in [1.54, 1.807) is 6.92 Å². The molecular weight excluding hydrogens is 108 g/mol. The van der Waals surface area contributed by atoms with Gasteiger partial charge in [-0.05, 0) is 0 Å². The van der Waals surface area contributed by atoms with E-state index in [4.69, 9.17) is 0 Å². The van der Waals surface area contributed by atoms with E-state index in [1.165, 1.54) is 0 Å². The number of carbonyl (C=O) groups excluding carboxylic acids is 2. The molecule has 0 aromatic rings. The normalized spacial score (nSPS) is 8.12. The van der Waals surface area contributed by atoms with Gasteiger partial charge in [0.05, 0.1) is 0 Å². The average molecular weight is 115 g/mol. The van der Waals surface area contributed by atoms with E-state index in [0.717, 1.165) is 0 Å². The lowest BCUT2D eigenvalue weighted by Crippen LogP contribution is -2.06. The molecule has 0 rings (SSSR count). The van der Waals surface area contributed by atoms with Gasteiger partial charge in [0.1, 0.15) is 0 Å². The first-order valence-corrected chi connectivity index (χ1v) is 2.23. The van der Waals surface area contributed by atoms with Gasteiger partial charge in [-0.1, -0.05) is 6.92 Å². The Morgan fingerprint density at radius 2 is 2.12 bits per heavy atom. The standard InChI is InChI=1S/C5H7O3/c1-3-5(7)8-4(2)6/h2-3H2,1H3/q+1. The Balaban J connectivity index is 3.40. The van der Waals surface area contributed by atoms with Crippen LogP contribution in [0.1, 0.15) is 13.3 Å². The van der Waals surface area contributed by atoms with Crippen LogP contribution < -0.4 is 0 Å². The Hall–Kier alpha value is -0.990. The van der Waals surface area contributed by atoms with Crippen LogP contribution in [0.5, 0.6) is 0 Å². The molecule has 0 bridgehead atoms. The summed E-state index contributed by atoms with van der Waals surface area (Å²) in [5.41, 5.74) is 0. The molecule has 0 saturated carbocycles. The zero-order valence-electron chi connectivity index (χ0n) is 4.64. The molecule has 0 saturated heterocycles. The molecule has 0 aromatic heterocycles. The third-order valence-electron chi connectivity index (χ3n) is 0.516. The molecule has 0 spiro atoms. The molecule has 0 N–H and O–H groups in total. The predicted molar refractivity (Wildman–Crippen MR) is 26.7 cm³/mol. The van der Waals surface area contributed by atoms with E-state index in [0.29, 0.717) is 0 Å². The van der Waals surface area contributed by atoms with Crippen molar-refractivity contribution in [3.05, 3.63) is 6.92 Å². The van der Waals surface area contributed by atoms with Crippen molar-refractivity contribution < 1.29 is 14.3 Å². The van der Waals surface area contributed by atoms with Crippen molar-refractivity contribution in [3.63, 3.8) is 0 Å². The first kappa shape index (κ1) is 7.01. The maximum absolute atomic E-state index is 10.1. The second-order valence-electron chi connectivity index (χ2n) is 1.20. The first-order valence-electron chi connectivity index (χ1n) is 2.23. The lowest BCUT2D eigenvalue weighted by molar-refractivity contribution is -0.156. The predicted octanol–water partition coefficient (Wildman–Crippen LogP) is 0.300. The second kappa shape index (κ2) is 3.07. The Morgan fingerprint density at radius 1 is 1.62 bits per heavy atom. The van der Waals surface area contributed by atoms with Gasteiger partial charge in [0.2, 0.25) is 0 Å². The summed E-state index contributed by atoms with van der Waals surface area (Å²) in [5, 5.41) is 0. The topological polar surface area (TPSA) is 43.4 Å².